The Morgan fingerprint density at radius 2 is 1.94 bits per heavy atom. The van der Waals surface area contributed by atoms with E-state index in [2.05, 4.69) is 0 Å². The molecule has 0 heterocycles. The minimum absolute atomic E-state index is 0.0101. The van der Waals surface area contributed by atoms with Crippen molar-refractivity contribution in [2.24, 2.45) is 0 Å². The number of ether oxygens (including phenoxy) is 1. The topological polar surface area (TPSA) is 26.3 Å². The molecule has 0 fully saturated rings. The Morgan fingerprint density at radius 1 is 1.29 bits per heavy atom. The Bertz CT molecular complexity index is 445. The molecule has 17 heavy (non-hydrogen) atoms. The zero-order valence-corrected chi connectivity index (χ0v) is 9.96. The van der Waals surface area contributed by atoms with Crippen LogP contribution >= 0.6 is 0 Å². The summed E-state index contributed by atoms with van der Waals surface area (Å²) < 4.78 is 31.0. The zero-order valence-electron chi connectivity index (χ0n) is 9.96. The zero-order chi connectivity index (χ0) is 13.1. The lowest BCUT2D eigenvalue weighted by Crippen LogP contribution is -2.22. The van der Waals surface area contributed by atoms with E-state index in [0.29, 0.717) is 0 Å². The number of esters is 1. The molecule has 0 saturated heterocycles. The minimum atomic E-state index is -0.609. The lowest BCUT2D eigenvalue weighted by molar-refractivity contribution is -0.148. The van der Waals surface area contributed by atoms with Gasteiger partial charge < -0.3 is 4.74 Å². The van der Waals surface area contributed by atoms with E-state index in [1.165, 1.54) is 6.08 Å². The van der Waals surface area contributed by atoms with Gasteiger partial charge in [0.2, 0.25) is 0 Å². The molecule has 0 atom stereocenters. The number of halogens is 2. The number of benzene rings is 1. The lowest BCUT2D eigenvalue weighted by Gasteiger charge is -2.17. The average molecular weight is 240 g/mol. The molecule has 0 amide bonds. The standard InChI is InChI=1S/C13H14F2O2/c1-13(2,3)17-12(16)7-4-9-8-10(14)5-6-11(9)15/h4-8H,1-3H3/b7-4+. The average Bonchev–Trinajstić information content (AvgIpc) is 2.17. The van der Waals surface area contributed by atoms with E-state index in [1.807, 2.05) is 0 Å². The highest BCUT2D eigenvalue weighted by atomic mass is 19.1. The molecule has 0 aliphatic carbocycles. The Morgan fingerprint density at radius 3 is 2.53 bits per heavy atom. The van der Waals surface area contributed by atoms with Crippen molar-refractivity contribution in [1.29, 1.82) is 0 Å². The van der Waals surface area contributed by atoms with Gasteiger partial charge >= 0.3 is 5.97 Å². The third kappa shape index (κ3) is 4.76. The van der Waals surface area contributed by atoms with Crippen molar-refractivity contribution in [1.82, 2.24) is 0 Å². The maximum Gasteiger partial charge on any atom is 0.331 e. The van der Waals surface area contributed by atoms with Crippen LogP contribution in [0.3, 0.4) is 0 Å². The SMILES string of the molecule is CC(C)(C)OC(=O)/C=C/c1cc(F)ccc1F. The predicted octanol–water partition coefficient (Wildman–Crippen LogP) is 3.32. The van der Waals surface area contributed by atoms with Gasteiger partial charge in [0.1, 0.15) is 17.2 Å². The van der Waals surface area contributed by atoms with Gasteiger partial charge in [-0.2, -0.15) is 0 Å². The van der Waals surface area contributed by atoms with Gasteiger partial charge in [-0.25, -0.2) is 13.6 Å². The molecule has 0 aliphatic rings. The molecule has 0 bridgehead atoms. The van der Waals surface area contributed by atoms with Crippen molar-refractivity contribution in [3.05, 3.63) is 41.5 Å². The predicted molar refractivity (Wildman–Crippen MR) is 61.2 cm³/mol. The fourth-order valence-electron chi connectivity index (χ4n) is 1.14. The summed E-state index contributed by atoms with van der Waals surface area (Å²) in [4.78, 5) is 11.3. The molecule has 1 aromatic rings. The number of carbonyl (C=O) groups excluding carboxylic acids is 1. The van der Waals surface area contributed by atoms with Crippen LogP contribution in [0.15, 0.2) is 24.3 Å². The van der Waals surface area contributed by atoms with Gasteiger partial charge in [0.25, 0.3) is 0 Å². The number of rotatable bonds is 2. The second-order valence-electron chi connectivity index (χ2n) is 4.53. The molecule has 92 valence electrons. The summed E-state index contributed by atoms with van der Waals surface area (Å²) in [7, 11) is 0. The van der Waals surface area contributed by atoms with Crippen LogP contribution in [0.25, 0.3) is 6.08 Å². The van der Waals surface area contributed by atoms with E-state index in [1.54, 1.807) is 20.8 Å². The van der Waals surface area contributed by atoms with Crippen molar-refractivity contribution in [3.63, 3.8) is 0 Å². The summed E-state index contributed by atoms with van der Waals surface area (Å²) in [5.41, 5.74) is -0.599. The molecule has 0 saturated carbocycles. The molecule has 0 unspecified atom stereocenters. The first-order valence-electron chi connectivity index (χ1n) is 5.14. The van der Waals surface area contributed by atoms with Crippen molar-refractivity contribution >= 4 is 12.0 Å². The normalized spacial score (nSPS) is 11.8. The van der Waals surface area contributed by atoms with Crippen molar-refractivity contribution in [3.8, 4) is 0 Å². The van der Waals surface area contributed by atoms with Gasteiger partial charge in [0, 0.05) is 11.6 Å². The van der Waals surface area contributed by atoms with Gasteiger partial charge in [-0.1, -0.05) is 0 Å². The van der Waals surface area contributed by atoms with E-state index in [0.717, 1.165) is 24.3 Å². The van der Waals surface area contributed by atoms with Crippen molar-refractivity contribution in [2.45, 2.75) is 26.4 Å². The van der Waals surface area contributed by atoms with Crippen LogP contribution in [0, 0.1) is 11.6 Å². The molecule has 0 radical (unpaired) electrons. The third-order valence-corrected chi connectivity index (χ3v) is 1.76. The van der Waals surface area contributed by atoms with Gasteiger partial charge in [0.15, 0.2) is 0 Å². The van der Waals surface area contributed by atoms with E-state index in [9.17, 15) is 13.6 Å². The smallest absolute Gasteiger partial charge is 0.331 e. The van der Waals surface area contributed by atoms with Crippen LogP contribution < -0.4 is 0 Å². The maximum atomic E-state index is 13.2. The summed E-state index contributed by atoms with van der Waals surface area (Å²) in [6.07, 6.45) is 2.26. The van der Waals surface area contributed by atoms with Crippen LogP contribution in [0.1, 0.15) is 26.3 Å². The summed E-state index contributed by atoms with van der Waals surface area (Å²) in [6.45, 7) is 5.17. The number of carbonyl (C=O) groups is 1. The van der Waals surface area contributed by atoms with Crippen LogP contribution in [-0.4, -0.2) is 11.6 Å². The molecule has 0 spiro atoms. The van der Waals surface area contributed by atoms with Crippen molar-refractivity contribution in [2.75, 3.05) is 0 Å². The molecule has 4 heteroatoms. The maximum absolute atomic E-state index is 13.2. The van der Waals surface area contributed by atoms with E-state index in [-0.39, 0.29) is 5.56 Å². The summed E-state index contributed by atoms with van der Waals surface area (Å²) in [5.74, 6) is -1.75. The summed E-state index contributed by atoms with van der Waals surface area (Å²) >= 11 is 0. The monoisotopic (exact) mass is 240 g/mol. The first kappa shape index (κ1) is 13.4. The molecule has 0 aliphatic heterocycles. The lowest BCUT2D eigenvalue weighted by atomic mass is 10.2. The Hall–Kier alpha value is -1.71. The summed E-state index contributed by atoms with van der Waals surface area (Å²) in [6, 6.07) is 3.03. The Labute approximate surface area is 98.9 Å². The molecule has 2 nitrogen and oxygen atoms in total. The van der Waals surface area contributed by atoms with E-state index >= 15 is 0 Å². The number of hydrogen-bond donors (Lipinski definition) is 0. The first-order chi connectivity index (χ1) is 7.78. The molecule has 0 aromatic heterocycles. The van der Waals surface area contributed by atoms with Crippen LogP contribution in [0.5, 0.6) is 0 Å². The van der Waals surface area contributed by atoms with Crippen LogP contribution in [0.4, 0.5) is 8.78 Å². The van der Waals surface area contributed by atoms with Gasteiger partial charge in [-0.15, -0.1) is 0 Å². The molecular weight excluding hydrogens is 226 g/mol. The fourth-order valence-corrected chi connectivity index (χ4v) is 1.14. The van der Waals surface area contributed by atoms with Gasteiger partial charge in [0.05, 0.1) is 0 Å². The summed E-state index contributed by atoms with van der Waals surface area (Å²) in [5, 5.41) is 0. The first-order valence-corrected chi connectivity index (χ1v) is 5.14. The van der Waals surface area contributed by atoms with Gasteiger partial charge in [-0.05, 0) is 45.0 Å². The molecule has 1 aromatic carbocycles. The highest BCUT2D eigenvalue weighted by Gasteiger charge is 2.14. The Kier molecular flexibility index (Phi) is 3.99. The van der Waals surface area contributed by atoms with Gasteiger partial charge in [-0.3, -0.25) is 0 Å². The second-order valence-corrected chi connectivity index (χ2v) is 4.53. The fraction of sp³-hybridized carbons (Fsp3) is 0.308. The molecule has 1 rings (SSSR count). The van der Waals surface area contributed by atoms with E-state index < -0.39 is 23.2 Å². The Balaban J connectivity index is 2.77. The number of hydrogen-bond acceptors (Lipinski definition) is 2. The van der Waals surface area contributed by atoms with Crippen molar-refractivity contribution < 1.29 is 18.3 Å². The van der Waals surface area contributed by atoms with Crippen LogP contribution in [-0.2, 0) is 9.53 Å². The highest BCUT2D eigenvalue weighted by molar-refractivity contribution is 5.87. The second kappa shape index (κ2) is 5.08. The molecular formula is C13H14F2O2. The van der Waals surface area contributed by atoms with E-state index in [4.69, 9.17) is 4.74 Å². The molecule has 0 N–H and O–H groups in total. The quantitative estimate of drug-likeness (QED) is 0.585. The minimum Gasteiger partial charge on any atom is -0.457 e. The third-order valence-electron chi connectivity index (χ3n) is 1.76. The van der Waals surface area contributed by atoms with Crippen LogP contribution in [0.2, 0.25) is 0 Å². The largest absolute Gasteiger partial charge is 0.457 e. The highest BCUT2D eigenvalue weighted by Crippen LogP contribution is 2.12.